The zero-order valence-corrected chi connectivity index (χ0v) is 8.40. The fourth-order valence-electron chi connectivity index (χ4n) is 1.25. The van der Waals surface area contributed by atoms with Gasteiger partial charge in [0.15, 0.2) is 0 Å². The van der Waals surface area contributed by atoms with Crippen molar-refractivity contribution >= 4 is 0 Å². The number of nitrogens with two attached hydrogens (primary N) is 1. The Morgan fingerprint density at radius 3 is 2.50 bits per heavy atom. The van der Waals surface area contributed by atoms with Gasteiger partial charge in [-0.3, -0.25) is 11.3 Å². The Bertz CT molecular complexity index is 121. The average Bonchev–Trinajstić information content (AvgIpc) is 2.04. The summed E-state index contributed by atoms with van der Waals surface area (Å²) >= 11 is 0. The van der Waals surface area contributed by atoms with Gasteiger partial charge in [-0.2, -0.15) is 0 Å². The molecule has 0 spiro atoms. The molecule has 2 heteroatoms. The molecule has 0 fully saturated rings. The van der Waals surface area contributed by atoms with Crippen LogP contribution in [-0.2, 0) is 0 Å². The molecule has 0 aromatic heterocycles. The second kappa shape index (κ2) is 7.32. The number of hydrogen-bond acceptors (Lipinski definition) is 2. The van der Waals surface area contributed by atoms with Crippen LogP contribution in [0.2, 0.25) is 0 Å². The van der Waals surface area contributed by atoms with E-state index in [1.807, 2.05) is 6.92 Å². The summed E-state index contributed by atoms with van der Waals surface area (Å²) in [7, 11) is 0. The summed E-state index contributed by atoms with van der Waals surface area (Å²) in [5.41, 5.74) is 3.91. The third-order valence-electron chi connectivity index (χ3n) is 2.14. The molecule has 12 heavy (non-hydrogen) atoms. The maximum Gasteiger partial charge on any atom is 0.0414 e. The van der Waals surface area contributed by atoms with E-state index >= 15 is 0 Å². The van der Waals surface area contributed by atoms with Gasteiger partial charge in [-0.15, -0.1) is 0 Å². The maximum absolute atomic E-state index is 5.38. The van der Waals surface area contributed by atoms with Gasteiger partial charge in [0.25, 0.3) is 0 Å². The van der Waals surface area contributed by atoms with Gasteiger partial charge in [-0.05, 0) is 13.3 Å². The lowest BCUT2D eigenvalue weighted by molar-refractivity contribution is 0.513. The third-order valence-corrected chi connectivity index (χ3v) is 2.14. The van der Waals surface area contributed by atoms with E-state index in [0.29, 0.717) is 6.04 Å². The molecule has 0 radical (unpaired) electrons. The molecule has 0 saturated carbocycles. The zero-order valence-electron chi connectivity index (χ0n) is 8.40. The van der Waals surface area contributed by atoms with Crippen LogP contribution < -0.4 is 11.3 Å². The summed E-state index contributed by atoms with van der Waals surface area (Å²) in [6, 6.07) is 0.307. The molecule has 0 aromatic carbocycles. The van der Waals surface area contributed by atoms with E-state index < -0.39 is 0 Å². The van der Waals surface area contributed by atoms with Gasteiger partial charge in [0.05, 0.1) is 0 Å². The number of rotatable bonds is 7. The quantitative estimate of drug-likeness (QED) is 0.266. The van der Waals surface area contributed by atoms with E-state index in [1.54, 1.807) is 0 Å². The highest BCUT2D eigenvalue weighted by atomic mass is 15.2. The number of unbranched alkanes of at least 4 members (excludes halogenated alkanes) is 3. The number of hydrogen-bond donors (Lipinski definition) is 2. The highest BCUT2D eigenvalue weighted by molar-refractivity contribution is 5.00. The van der Waals surface area contributed by atoms with Crippen LogP contribution >= 0.6 is 0 Å². The van der Waals surface area contributed by atoms with Gasteiger partial charge < -0.3 is 0 Å². The lowest BCUT2D eigenvalue weighted by Crippen LogP contribution is -2.35. The molecule has 1 unspecified atom stereocenters. The average molecular weight is 170 g/mol. The smallest absolute Gasteiger partial charge is 0.0414 e. The van der Waals surface area contributed by atoms with Gasteiger partial charge in [0.2, 0.25) is 0 Å². The molecule has 0 heterocycles. The summed E-state index contributed by atoms with van der Waals surface area (Å²) in [6.07, 6.45) is 6.28. The zero-order chi connectivity index (χ0) is 9.40. The van der Waals surface area contributed by atoms with Crippen LogP contribution in [-0.4, -0.2) is 6.04 Å². The highest BCUT2D eigenvalue weighted by Gasteiger charge is 2.05. The van der Waals surface area contributed by atoms with Crippen molar-refractivity contribution in [1.29, 1.82) is 0 Å². The van der Waals surface area contributed by atoms with Crippen molar-refractivity contribution in [2.75, 3.05) is 0 Å². The summed E-state index contributed by atoms with van der Waals surface area (Å²) in [6.45, 7) is 8.12. The minimum absolute atomic E-state index is 0.307. The molecule has 0 amide bonds. The van der Waals surface area contributed by atoms with Crippen molar-refractivity contribution in [3.05, 3.63) is 12.2 Å². The van der Waals surface area contributed by atoms with E-state index in [1.165, 1.54) is 25.7 Å². The summed E-state index contributed by atoms with van der Waals surface area (Å²) in [4.78, 5) is 0. The SMILES string of the molecule is C=C(C)C(CCCCCC)NN. The molecule has 0 bridgehead atoms. The predicted octanol–water partition coefficient (Wildman–Crippen LogP) is 2.36. The maximum atomic E-state index is 5.38. The topological polar surface area (TPSA) is 38.0 Å². The molecule has 1 atom stereocenters. The van der Waals surface area contributed by atoms with Crippen LogP contribution in [0.3, 0.4) is 0 Å². The van der Waals surface area contributed by atoms with Crippen molar-refractivity contribution in [1.82, 2.24) is 5.43 Å². The molecule has 2 nitrogen and oxygen atoms in total. The van der Waals surface area contributed by atoms with Crippen LogP contribution in [0.25, 0.3) is 0 Å². The monoisotopic (exact) mass is 170 g/mol. The van der Waals surface area contributed by atoms with Crippen molar-refractivity contribution in [3.8, 4) is 0 Å². The predicted molar refractivity (Wildman–Crippen MR) is 54.7 cm³/mol. The second-order valence-corrected chi connectivity index (χ2v) is 3.41. The number of hydrazine groups is 1. The first kappa shape index (κ1) is 11.7. The van der Waals surface area contributed by atoms with Crippen molar-refractivity contribution < 1.29 is 0 Å². The molecule has 0 aliphatic heterocycles. The van der Waals surface area contributed by atoms with E-state index in [9.17, 15) is 0 Å². The molecule has 72 valence electrons. The lowest BCUT2D eigenvalue weighted by Gasteiger charge is -2.14. The Hall–Kier alpha value is -0.340. The minimum Gasteiger partial charge on any atom is -0.271 e. The first-order valence-electron chi connectivity index (χ1n) is 4.83. The van der Waals surface area contributed by atoms with Crippen LogP contribution in [0, 0.1) is 0 Å². The van der Waals surface area contributed by atoms with Gasteiger partial charge in [-0.1, -0.05) is 44.8 Å². The Labute approximate surface area is 76.2 Å². The molecular formula is C10H22N2. The summed E-state index contributed by atoms with van der Waals surface area (Å²) in [5.74, 6) is 5.38. The Balaban J connectivity index is 3.38. The fourth-order valence-corrected chi connectivity index (χ4v) is 1.25. The normalized spacial score (nSPS) is 12.9. The summed E-state index contributed by atoms with van der Waals surface area (Å²) < 4.78 is 0. The van der Waals surface area contributed by atoms with Gasteiger partial charge in [-0.25, -0.2) is 0 Å². The molecule has 0 aliphatic rings. The Morgan fingerprint density at radius 1 is 1.42 bits per heavy atom. The van der Waals surface area contributed by atoms with E-state index in [-0.39, 0.29) is 0 Å². The Kier molecular flexibility index (Phi) is 7.11. The van der Waals surface area contributed by atoms with Crippen LogP contribution in [0.4, 0.5) is 0 Å². The standard InChI is InChI=1S/C10H22N2/c1-4-5-6-7-8-10(12-11)9(2)3/h10,12H,2,4-8,11H2,1,3H3. The minimum atomic E-state index is 0.307. The molecular weight excluding hydrogens is 148 g/mol. The highest BCUT2D eigenvalue weighted by Crippen LogP contribution is 2.09. The lowest BCUT2D eigenvalue weighted by atomic mass is 10.0. The van der Waals surface area contributed by atoms with E-state index in [2.05, 4.69) is 18.9 Å². The first-order valence-corrected chi connectivity index (χ1v) is 4.83. The van der Waals surface area contributed by atoms with E-state index in [0.717, 1.165) is 12.0 Å². The van der Waals surface area contributed by atoms with Crippen LogP contribution in [0.1, 0.15) is 46.0 Å². The summed E-state index contributed by atoms with van der Waals surface area (Å²) in [5, 5.41) is 0. The van der Waals surface area contributed by atoms with Gasteiger partial charge in [0.1, 0.15) is 0 Å². The van der Waals surface area contributed by atoms with Crippen molar-refractivity contribution in [3.63, 3.8) is 0 Å². The molecule has 0 rings (SSSR count). The van der Waals surface area contributed by atoms with Crippen molar-refractivity contribution in [2.45, 2.75) is 52.0 Å². The third kappa shape index (κ3) is 5.33. The molecule has 3 N–H and O–H groups in total. The van der Waals surface area contributed by atoms with Crippen LogP contribution in [0.5, 0.6) is 0 Å². The Morgan fingerprint density at radius 2 is 2.08 bits per heavy atom. The largest absolute Gasteiger partial charge is 0.271 e. The van der Waals surface area contributed by atoms with Crippen LogP contribution in [0.15, 0.2) is 12.2 Å². The second-order valence-electron chi connectivity index (χ2n) is 3.41. The van der Waals surface area contributed by atoms with Crippen molar-refractivity contribution in [2.24, 2.45) is 5.84 Å². The first-order chi connectivity index (χ1) is 5.72. The number of nitrogens with one attached hydrogen (secondary N) is 1. The molecule has 0 aromatic rings. The van der Waals surface area contributed by atoms with E-state index in [4.69, 9.17) is 5.84 Å². The molecule has 0 saturated heterocycles. The van der Waals surface area contributed by atoms with Gasteiger partial charge >= 0.3 is 0 Å². The fraction of sp³-hybridized carbons (Fsp3) is 0.800. The van der Waals surface area contributed by atoms with Gasteiger partial charge in [0, 0.05) is 6.04 Å². The molecule has 0 aliphatic carbocycles.